The first-order chi connectivity index (χ1) is 12.7. The zero-order chi connectivity index (χ0) is 18.2. The van der Waals surface area contributed by atoms with Crippen LogP contribution >= 0.6 is 0 Å². The minimum absolute atomic E-state index is 0.0689. The number of carbonyl (C=O) groups excluding carboxylic acids is 1. The van der Waals surface area contributed by atoms with E-state index in [0.29, 0.717) is 12.3 Å². The van der Waals surface area contributed by atoms with Crippen molar-refractivity contribution in [3.05, 3.63) is 48.3 Å². The standard InChI is InChI=1S/C20H28N4O2/c1-26-12-11-23-9-7-17(8-10-23)14-21-20(25)13-18-15-22-24(16-18)19-5-3-2-4-6-19/h2-6,15-17H,7-14H2,1H3,(H,21,25). The number of rotatable bonds is 8. The number of methoxy groups -OCH3 is 1. The Labute approximate surface area is 155 Å². The van der Waals surface area contributed by atoms with Crippen molar-refractivity contribution in [3.63, 3.8) is 0 Å². The summed E-state index contributed by atoms with van der Waals surface area (Å²) in [5.74, 6) is 0.643. The van der Waals surface area contributed by atoms with Gasteiger partial charge in [0.1, 0.15) is 0 Å². The van der Waals surface area contributed by atoms with Crippen LogP contribution in [0.25, 0.3) is 5.69 Å². The van der Waals surface area contributed by atoms with Crippen molar-refractivity contribution < 1.29 is 9.53 Å². The smallest absolute Gasteiger partial charge is 0.224 e. The predicted octanol–water partition coefficient (Wildman–Crippen LogP) is 1.89. The molecule has 0 bridgehead atoms. The molecule has 0 unspecified atom stereocenters. The van der Waals surface area contributed by atoms with E-state index in [1.54, 1.807) is 18.0 Å². The molecule has 2 heterocycles. The van der Waals surface area contributed by atoms with Crippen LogP contribution in [-0.2, 0) is 16.0 Å². The highest BCUT2D eigenvalue weighted by Gasteiger charge is 2.19. The average molecular weight is 356 g/mol. The second-order valence-corrected chi connectivity index (χ2v) is 6.89. The van der Waals surface area contributed by atoms with Crippen LogP contribution in [0.2, 0.25) is 0 Å². The maximum absolute atomic E-state index is 12.2. The summed E-state index contributed by atoms with van der Waals surface area (Å²) in [6.07, 6.45) is 6.33. The van der Waals surface area contributed by atoms with Gasteiger partial charge in [0.15, 0.2) is 0 Å². The molecule has 1 aliphatic heterocycles. The molecule has 2 aromatic rings. The summed E-state index contributed by atoms with van der Waals surface area (Å²) in [6, 6.07) is 9.92. The Kier molecular flexibility index (Phi) is 6.80. The van der Waals surface area contributed by atoms with E-state index in [1.807, 2.05) is 36.5 Å². The number of nitrogens with one attached hydrogen (secondary N) is 1. The summed E-state index contributed by atoms with van der Waals surface area (Å²) >= 11 is 0. The summed E-state index contributed by atoms with van der Waals surface area (Å²) in [4.78, 5) is 14.7. The fourth-order valence-electron chi connectivity index (χ4n) is 3.31. The Hall–Kier alpha value is -2.18. The van der Waals surface area contributed by atoms with E-state index in [2.05, 4.69) is 15.3 Å². The van der Waals surface area contributed by atoms with Gasteiger partial charge in [0.2, 0.25) is 5.91 Å². The molecule has 1 aromatic heterocycles. The lowest BCUT2D eigenvalue weighted by atomic mass is 9.97. The van der Waals surface area contributed by atoms with Gasteiger partial charge >= 0.3 is 0 Å². The summed E-state index contributed by atoms with van der Waals surface area (Å²) in [6.45, 7) is 4.74. The van der Waals surface area contributed by atoms with Gasteiger partial charge in [-0.2, -0.15) is 5.10 Å². The van der Waals surface area contributed by atoms with E-state index < -0.39 is 0 Å². The van der Waals surface area contributed by atoms with Gasteiger partial charge in [0.25, 0.3) is 0 Å². The number of piperidine rings is 1. The van der Waals surface area contributed by atoms with Crippen molar-refractivity contribution in [2.24, 2.45) is 5.92 Å². The maximum atomic E-state index is 12.2. The molecule has 1 saturated heterocycles. The summed E-state index contributed by atoms with van der Waals surface area (Å²) in [5, 5.41) is 7.43. The molecule has 1 aliphatic rings. The molecular formula is C20H28N4O2. The monoisotopic (exact) mass is 356 g/mol. The number of para-hydroxylation sites is 1. The number of hydrogen-bond acceptors (Lipinski definition) is 4. The third kappa shape index (κ3) is 5.41. The summed E-state index contributed by atoms with van der Waals surface area (Å²) in [5.41, 5.74) is 1.93. The lowest BCUT2D eigenvalue weighted by Crippen LogP contribution is -2.40. The lowest BCUT2D eigenvalue weighted by Gasteiger charge is -2.31. The van der Waals surface area contributed by atoms with E-state index in [9.17, 15) is 4.79 Å². The van der Waals surface area contributed by atoms with Gasteiger partial charge in [-0.1, -0.05) is 18.2 Å². The molecule has 0 atom stereocenters. The Morgan fingerprint density at radius 3 is 2.77 bits per heavy atom. The second kappa shape index (κ2) is 9.50. The molecule has 0 radical (unpaired) electrons. The number of carbonyl (C=O) groups is 1. The predicted molar refractivity (Wildman–Crippen MR) is 101 cm³/mol. The number of ether oxygens (including phenoxy) is 1. The van der Waals surface area contributed by atoms with Crippen LogP contribution in [0, 0.1) is 5.92 Å². The van der Waals surface area contributed by atoms with E-state index >= 15 is 0 Å². The van der Waals surface area contributed by atoms with Crippen LogP contribution in [0.5, 0.6) is 0 Å². The van der Waals surface area contributed by atoms with Crippen molar-refractivity contribution in [1.82, 2.24) is 20.0 Å². The highest BCUT2D eigenvalue weighted by Crippen LogP contribution is 2.16. The quantitative estimate of drug-likeness (QED) is 0.785. The fourth-order valence-corrected chi connectivity index (χ4v) is 3.31. The lowest BCUT2D eigenvalue weighted by molar-refractivity contribution is -0.120. The summed E-state index contributed by atoms with van der Waals surface area (Å²) < 4.78 is 6.94. The van der Waals surface area contributed by atoms with Gasteiger partial charge in [-0.15, -0.1) is 0 Å². The Morgan fingerprint density at radius 1 is 1.27 bits per heavy atom. The number of benzene rings is 1. The molecule has 6 heteroatoms. The van der Waals surface area contributed by atoms with Gasteiger partial charge in [-0.05, 0) is 49.5 Å². The normalized spacial score (nSPS) is 15.9. The molecule has 26 heavy (non-hydrogen) atoms. The number of likely N-dealkylation sites (tertiary alicyclic amines) is 1. The van der Waals surface area contributed by atoms with Gasteiger partial charge < -0.3 is 15.0 Å². The minimum Gasteiger partial charge on any atom is -0.383 e. The SMILES string of the molecule is COCCN1CCC(CNC(=O)Cc2cnn(-c3ccccc3)c2)CC1. The van der Waals surface area contributed by atoms with Crippen LogP contribution in [0.1, 0.15) is 18.4 Å². The van der Waals surface area contributed by atoms with Gasteiger partial charge in [0.05, 0.1) is 24.9 Å². The third-order valence-electron chi connectivity index (χ3n) is 4.93. The second-order valence-electron chi connectivity index (χ2n) is 6.89. The van der Waals surface area contributed by atoms with Crippen LogP contribution in [-0.4, -0.2) is 60.5 Å². The van der Waals surface area contributed by atoms with E-state index in [-0.39, 0.29) is 5.91 Å². The van der Waals surface area contributed by atoms with Crippen molar-refractivity contribution in [2.45, 2.75) is 19.3 Å². The third-order valence-corrected chi connectivity index (χ3v) is 4.93. The number of aromatic nitrogens is 2. The maximum Gasteiger partial charge on any atom is 0.224 e. The Bertz CT molecular complexity index is 678. The topological polar surface area (TPSA) is 59.4 Å². The minimum atomic E-state index is 0.0689. The molecule has 3 rings (SSSR count). The first kappa shape index (κ1) is 18.6. The number of nitrogens with zero attached hydrogens (tertiary/aromatic N) is 3. The van der Waals surface area contributed by atoms with Crippen molar-refractivity contribution in [1.29, 1.82) is 0 Å². The Balaban J connectivity index is 1.39. The van der Waals surface area contributed by atoms with Crippen LogP contribution in [0.3, 0.4) is 0 Å². The van der Waals surface area contributed by atoms with Gasteiger partial charge in [-0.3, -0.25) is 4.79 Å². The molecule has 1 fully saturated rings. The van der Waals surface area contributed by atoms with E-state index in [0.717, 1.165) is 56.9 Å². The largest absolute Gasteiger partial charge is 0.383 e. The molecule has 1 N–H and O–H groups in total. The highest BCUT2D eigenvalue weighted by molar-refractivity contribution is 5.78. The molecular weight excluding hydrogens is 328 g/mol. The number of amides is 1. The molecule has 140 valence electrons. The molecule has 1 aromatic carbocycles. The van der Waals surface area contributed by atoms with Crippen LogP contribution < -0.4 is 5.32 Å². The van der Waals surface area contributed by atoms with Crippen LogP contribution in [0.4, 0.5) is 0 Å². The molecule has 0 spiro atoms. The van der Waals surface area contributed by atoms with E-state index in [4.69, 9.17) is 4.74 Å². The number of hydrogen-bond donors (Lipinski definition) is 1. The highest BCUT2D eigenvalue weighted by atomic mass is 16.5. The average Bonchev–Trinajstić information content (AvgIpc) is 3.14. The first-order valence-electron chi connectivity index (χ1n) is 9.31. The van der Waals surface area contributed by atoms with Crippen LogP contribution in [0.15, 0.2) is 42.7 Å². The first-order valence-corrected chi connectivity index (χ1v) is 9.31. The molecule has 6 nitrogen and oxygen atoms in total. The van der Waals surface area contributed by atoms with Crippen molar-refractivity contribution in [2.75, 3.05) is 39.9 Å². The van der Waals surface area contributed by atoms with Gasteiger partial charge in [-0.25, -0.2) is 4.68 Å². The summed E-state index contributed by atoms with van der Waals surface area (Å²) in [7, 11) is 1.74. The Morgan fingerprint density at radius 2 is 2.04 bits per heavy atom. The van der Waals surface area contributed by atoms with E-state index in [1.165, 1.54) is 0 Å². The fraction of sp³-hybridized carbons (Fsp3) is 0.500. The zero-order valence-electron chi connectivity index (χ0n) is 15.4. The molecule has 0 aliphatic carbocycles. The van der Waals surface area contributed by atoms with Crippen molar-refractivity contribution >= 4 is 5.91 Å². The molecule has 0 saturated carbocycles. The molecule has 1 amide bonds. The van der Waals surface area contributed by atoms with Gasteiger partial charge in [0, 0.05) is 26.4 Å². The zero-order valence-corrected chi connectivity index (χ0v) is 15.4. The van der Waals surface area contributed by atoms with Crippen molar-refractivity contribution in [3.8, 4) is 5.69 Å².